The highest BCUT2D eigenvalue weighted by Crippen LogP contribution is 2.22. The normalized spacial score (nSPS) is 12.4. The quantitative estimate of drug-likeness (QED) is 0.864. The van der Waals surface area contributed by atoms with Crippen molar-refractivity contribution in [2.24, 2.45) is 0 Å². The summed E-state index contributed by atoms with van der Waals surface area (Å²) < 4.78 is 0. The van der Waals surface area contributed by atoms with E-state index < -0.39 is 0 Å². The van der Waals surface area contributed by atoms with E-state index in [1.54, 1.807) is 29.7 Å². The molecule has 0 aliphatic carbocycles. The van der Waals surface area contributed by atoms with Crippen LogP contribution in [0.15, 0.2) is 35.8 Å². The minimum Gasteiger partial charge on any atom is -0.350 e. The topological polar surface area (TPSA) is 45.2 Å². The molecular formula is C14H16ClN3OS. The molecule has 2 heterocycles. The first kappa shape index (κ1) is 15.0. The van der Waals surface area contributed by atoms with E-state index in [1.807, 2.05) is 25.5 Å². The third-order valence-electron chi connectivity index (χ3n) is 2.95. The molecule has 2 aromatic heterocycles. The smallest absolute Gasteiger partial charge is 0.254 e. The molecule has 1 N–H and O–H groups in total. The van der Waals surface area contributed by atoms with Crippen LogP contribution in [0.1, 0.15) is 21.3 Å². The van der Waals surface area contributed by atoms with Crippen LogP contribution in [0.3, 0.4) is 0 Å². The van der Waals surface area contributed by atoms with E-state index in [2.05, 4.69) is 21.3 Å². The number of hydrogen-bond acceptors (Lipinski definition) is 4. The molecule has 0 aliphatic heterocycles. The van der Waals surface area contributed by atoms with Gasteiger partial charge < -0.3 is 10.2 Å². The number of halogens is 1. The number of amides is 1. The number of pyridine rings is 1. The van der Waals surface area contributed by atoms with Crippen LogP contribution in [-0.4, -0.2) is 36.4 Å². The summed E-state index contributed by atoms with van der Waals surface area (Å²) in [6, 6.07) is 7.59. The average Bonchev–Trinajstić information content (AvgIpc) is 2.92. The highest BCUT2D eigenvalue weighted by Gasteiger charge is 2.17. The van der Waals surface area contributed by atoms with E-state index in [9.17, 15) is 4.79 Å². The Kier molecular flexibility index (Phi) is 5.11. The first-order chi connectivity index (χ1) is 9.59. The van der Waals surface area contributed by atoms with E-state index in [1.165, 1.54) is 4.88 Å². The molecule has 0 aliphatic rings. The van der Waals surface area contributed by atoms with Gasteiger partial charge in [-0.2, -0.15) is 0 Å². The van der Waals surface area contributed by atoms with E-state index >= 15 is 0 Å². The summed E-state index contributed by atoms with van der Waals surface area (Å²) in [5, 5.41) is 5.17. The second-order valence-electron chi connectivity index (χ2n) is 4.55. The minimum atomic E-state index is -0.202. The van der Waals surface area contributed by atoms with Crippen molar-refractivity contribution in [3.05, 3.63) is 51.4 Å². The van der Waals surface area contributed by atoms with Crippen LogP contribution in [0.25, 0.3) is 0 Å². The van der Waals surface area contributed by atoms with Crippen LogP contribution in [0.5, 0.6) is 0 Å². The van der Waals surface area contributed by atoms with Crippen LogP contribution >= 0.6 is 22.9 Å². The van der Waals surface area contributed by atoms with Gasteiger partial charge in [-0.1, -0.05) is 17.7 Å². The van der Waals surface area contributed by atoms with Gasteiger partial charge in [0.2, 0.25) is 0 Å². The lowest BCUT2D eigenvalue weighted by molar-refractivity contribution is 0.0942. The molecule has 0 aromatic carbocycles. The molecule has 2 rings (SSSR count). The Balaban J connectivity index is 2.03. The largest absolute Gasteiger partial charge is 0.350 e. The maximum Gasteiger partial charge on any atom is 0.254 e. The number of rotatable bonds is 5. The summed E-state index contributed by atoms with van der Waals surface area (Å²) in [7, 11) is 3.99. The molecule has 2 aromatic rings. The molecule has 0 radical (unpaired) electrons. The first-order valence-corrected chi connectivity index (χ1v) is 7.44. The average molecular weight is 310 g/mol. The van der Waals surface area contributed by atoms with Crippen molar-refractivity contribution in [3.8, 4) is 0 Å². The lowest BCUT2D eigenvalue weighted by atomic mass is 10.2. The molecule has 0 fully saturated rings. The Labute approximate surface area is 127 Å². The minimum absolute atomic E-state index is 0.148. The van der Waals surface area contributed by atoms with E-state index in [-0.39, 0.29) is 17.1 Å². The molecule has 0 saturated heterocycles. The molecule has 0 spiro atoms. The Hall–Kier alpha value is -1.43. The summed E-state index contributed by atoms with van der Waals surface area (Å²) in [6.45, 7) is 0.525. The second-order valence-corrected chi connectivity index (χ2v) is 5.88. The predicted octanol–water partition coefficient (Wildman–Crippen LogP) is 2.83. The zero-order valence-electron chi connectivity index (χ0n) is 11.3. The van der Waals surface area contributed by atoms with Crippen LogP contribution < -0.4 is 5.32 Å². The summed E-state index contributed by atoms with van der Waals surface area (Å²) in [6.07, 6.45) is 1.56. The predicted molar refractivity (Wildman–Crippen MR) is 82.3 cm³/mol. The van der Waals surface area contributed by atoms with Crippen LogP contribution in [0.4, 0.5) is 0 Å². The fraction of sp³-hybridized carbons (Fsp3) is 0.286. The number of nitrogens with zero attached hydrogens (tertiary/aromatic N) is 2. The third kappa shape index (κ3) is 3.56. The number of likely N-dealkylation sites (N-methyl/N-ethyl adjacent to an activating group) is 1. The lowest BCUT2D eigenvalue weighted by Gasteiger charge is -2.23. The second kappa shape index (κ2) is 6.83. The van der Waals surface area contributed by atoms with Gasteiger partial charge in [0.05, 0.1) is 11.6 Å². The zero-order valence-corrected chi connectivity index (χ0v) is 12.9. The number of thiophene rings is 1. The maximum atomic E-state index is 12.1. The molecular weight excluding hydrogens is 294 g/mol. The van der Waals surface area contributed by atoms with Crippen molar-refractivity contribution < 1.29 is 4.79 Å². The Bertz CT molecular complexity index is 572. The number of aromatic nitrogens is 1. The Morgan fingerprint density at radius 2 is 2.25 bits per heavy atom. The Morgan fingerprint density at radius 3 is 2.85 bits per heavy atom. The summed E-state index contributed by atoms with van der Waals surface area (Å²) in [5.41, 5.74) is 0.401. The molecule has 0 saturated carbocycles. The molecule has 20 heavy (non-hydrogen) atoms. The third-order valence-corrected chi connectivity index (χ3v) is 4.23. The fourth-order valence-corrected chi connectivity index (χ4v) is 2.99. The Morgan fingerprint density at radius 1 is 1.45 bits per heavy atom. The van der Waals surface area contributed by atoms with Crippen molar-refractivity contribution in [2.75, 3.05) is 20.6 Å². The fourth-order valence-electron chi connectivity index (χ4n) is 1.86. The number of carbonyl (C=O) groups is 1. The van der Waals surface area contributed by atoms with Gasteiger partial charge in [0.25, 0.3) is 5.91 Å². The van der Waals surface area contributed by atoms with Crippen molar-refractivity contribution in [1.29, 1.82) is 0 Å². The SMILES string of the molecule is CN(C)[C@H](CNC(=O)c1cccnc1Cl)c1cccs1. The van der Waals surface area contributed by atoms with E-state index in [0.29, 0.717) is 12.1 Å². The van der Waals surface area contributed by atoms with Gasteiger partial charge in [-0.3, -0.25) is 4.79 Å². The molecule has 4 nitrogen and oxygen atoms in total. The number of hydrogen-bond donors (Lipinski definition) is 1. The lowest BCUT2D eigenvalue weighted by Crippen LogP contribution is -2.34. The van der Waals surface area contributed by atoms with Gasteiger partial charge in [0.1, 0.15) is 5.15 Å². The van der Waals surface area contributed by atoms with Crippen LogP contribution in [0, 0.1) is 0 Å². The van der Waals surface area contributed by atoms with E-state index in [0.717, 1.165) is 0 Å². The summed E-state index contributed by atoms with van der Waals surface area (Å²) in [4.78, 5) is 19.3. The zero-order chi connectivity index (χ0) is 14.5. The van der Waals surface area contributed by atoms with Gasteiger partial charge in [-0.25, -0.2) is 4.98 Å². The van der Waals surface area contributed by atoms with Gasteiger partial charge in [0.15, 0.2) is 0 Å². The molecule has 1 atom stereocenters. The molecule has 0 unspecified atom stereocenters. The summed E-state index contributed by atoms with van der Waals surface area (Å²) in [5.74, 6) is -0.202. The highest BCUT2D eigenvalue weighted by molar-refractivity contribution is 7.10. The van der Waals surface area contributed by atoms with Crippen molar-refractivity contribution in [3.63, 3.8) is 0 Å². The van der Waals surface area contributed by atoms with Gasteiger partial charge >= 0.3 is 0 Å². The maximum absolute atomic E-state index is 12.1. The highest BCUT2D eigenvalue weighted by atomic mass is 35.5. The van der Waals surface area contributed by atoms with Crippen molar-refractivity contribution in [2.45, 2.75) is 6.04 Å². The number of carbonyl (C=O) groups excluding carboxylic acids is 1. The molecule has 0 bridgehead atoms. The van der Waals surface area contributed by atoms with Gasteiger partial charge in [-0.15, -0.1) is 11.3 Å². The van der Waals surface area contributed by atoms with Crippen LogP contribution in [-0.2, 0) is 0 Å². The molecule has 6 heteroatoms. The van der Waals surface area contributed by atoms with Crippen molar-refractivity contribution in [1.82, 2.24) is 15.2 Å². The summed E-state index contributed by atoms with van der Waals surface area (Å²) >= 11 is 7.59. The molecule has 106 valence electrons. The standard InChI is InChI=1S/C14H16ClN3OS/c1-18(2)11(12-6-4-8-20-12)9-17-14(19)10-5-3-7-16-13(10)15/h3-8,11H,9H2,1-2H3,(H,17,19)/t11-/m1/s1. The van der Waals surface area contributed by atoms with E-state index in [4.69, 9.17) is 11.6 Å². The monoisotopic (exact) mass is 309 g/mol. The first-order valence-electron chi connectivity index (χ1n) is 6.18. The van der Waals surface area contributed by atoms with Crippen LogP contribution in [0.2, 0.25) is 5.15 Å². The van der Waals surface area contributed by atoms with Gasteiger partial charge in [-0.05, 0) is 37.7 Å². The number of nitrogens with one attached hydrogen (secondary N) is 1. The van der Waals surface area contributed by atoms with Crippen molar-refractivity contribution >= 4 is 28.8 Å². The molecule has 1 amide bonds. The van der Waals surface area contributed by atoms with Gasteiger partial charge in [0, 0.05) is 17.6 Å².